The van der Waals surface area contributed by atoms with Gasteiger partial charge in [0.1, 0.15) is 0 Å². The van der Waals surface area contributed by atoms with Crippen molar-refractivity contribution < 1.29 is 4.79 Å². The maximum atomic E-state index is 12.1. The first-order valence-electron chi connectivity index (χ1n) is 8.09. The van der Waals surface area contributed by atoms with Crippen molar-refractivity contribution in [1.82, 2.24) is 10.2 Å². The summed E-state index contributed by atoms with van der Waals surface area (Å²) in [5.41, 5.74) is 0.881. The van der Waals surface area contributed by atoms with E-state index in [0.717, 1.165) is 38.3 Å². The summed E-state index contributed by atoms with van der Waals surface area (Å²) in [5.74, 6) is 0.108. The van der Waals surface area contributed by atoms with Gasteiger partial charge >= 0.3 is 0 Å². The van der Waals surface area contributed by atoms with E-state index in [1.807, 2.05) is 30.3 Å². The second kappa shape index (κ2) is 8.80. The number of piperidine rings is 1. The van der Waals surface area contributed by atoms with E-state index in [0.29, 0.717) is 12.5 Å². The lowest BCUT2D eigenvalue weighted by Crippen LogP contribution is -2.44. The summed E-state index contributed by atoms with van der Waals surface area (Å²) in [5, 5.41) is 6.37. The normalized spacial score (nSPS) is 16.1. The lowest BCUT2D eigenvalue weighted by atomic mass is 10.0. The molecule has 0 unspecified atom stereocenters. The number of para-hydroxylation sites is 1. The molecular weight excluding hydrogens is 262 g/mol. The van der Waals surface area contributed by atoms with Crippen LogP contribution in [0, 0.1) is 0 Å². The smallest absolute Gasteiger partial charge is 0.225 e. The molecule has 0 bridgehead atoms. The number of carbonyl (C=O) groups excluding carboxylic acids is 1. The number of amides is 1. The highest BCUT2D eigenvalue weighted by Crippen LogP contribution is 2.13. The highest BCUT2D eigenvalue weighted by atomic mass is 16.1. The van der Waals surface area contributed by atoms with Crippen LogP contribution in [-0.2, 0) is 4.79 Å². The first-order chi connectivity index (χ1) is 10.3. The first-order valence-corrected chi connectivity index (χ1v) is 8.09. The molecule has 1 aromatic rings. The van der Waals surface area contributed by atoms with Crippen LogP contribution in [0.15, 0.2) is 30.3 Å². The molecule has 0 saturated carbocycles. The maximum absolute atomic E-state index is 12.1. The number of hydrogen-bond acceptors (Lipinski definition) is 3. The highest BCUT2D eigenvalue weighted by molar-refractivity contribution is 5.90. The predicted octanol–water partition coefficient (Wildman–Crippen LogP) is 2.48. The van der Waals surface area contributed by atoms with Crippen molar-refractivity contribution in [3.63, 3.8) is 0 Å². The van der Waals surface area contributed by atoms with Crippen molar-refractivity contribution in [3.05, 3.63) is 30.3 Å². The molecule has 0 aromatic heterocycles. The van der Waals surface area contributed by atoms with E-state index in [1.165, 1.54) is 12.8 Å². The molecular formula is C17H27N3O. The molecule has 1 aliphatic heterocycles. The molecule has 1 heterocycles. The maximum Gasteiger partial charge on any atom is 0.225 e. The van der Waals surface area contributed by atoms with Gasteiger partial charge in [0.15, 0.2) is 0 Å². The Morgan fingerprint density at radius 3 is 2.62 bits per heavy atom. The van der Waals surface area contributed by atoms with Crippen molar-refractivity contribution in [2.75, 3.05) is 31.5 Å². The van der Waals surface area contributed by atoms with Gasteiger partial charge in [-0.1, -0.05) is 25.1 Å². The van der Waals surface area contributed by atoms with Gasteiger partial charge < -0.3 is 10.6 Å². The van der Waals surface area contributed by atoms with Crippen LogP contribution in [0.5, 0.6) is 0 Å². The minimum Gasteiger partial charge on any atom is -0.326 e. The fourth-order valence-electron chi connectivity index (χ4n) is 2.93. The van der Waals surface area contributed by atoms with Crippen molar-refractivity contribution in [1.29, 1.82) is 0 Å². The van der Waals surface area contributed by atoms with Crippen LogP contribution in [0.1, 0.15) is 32.6 Å². The van der Waals surface area contributed by atoms with Gasteiger partial charge in [-0.2, -0.15) is 0 Å². The molecule has 4 heteroatoms. The van der Waals surface area contributed by atoms with Gasteiger partial charge in [-0.3, -0.25) is 9.69 Å². The number of nitrogens with one attached hydrogen (secondary N) is 2. The molecule has 0 atom stereocenters. The Balaban J connectivity index is 1.79. The van der Waals surface area contributed by atoms with Gasteiger partial charge in [0.25, 0.3) is 0 Å². The third-order valence-electron chi connectivity index (χ3n) is 4.02. The summed E-state index contributed by atoms with van der Waals surface area (Å²) >= 11 is 0. The SMILES string of the molecule is CCCN(CCC(=O)Nc1ccccc1)C1CCNCC1. The molecule has 0 aliphatic carbocycles. The zero-order valence-corrected chi connectivity index (χ0v) is 13.0. The summed E-state index contributed by atoms with van der Waals surface area (Å²) in [6.07, 6.45) is 4.10. The lowest BCUT2D eigenvalue weighted by Gasteiger charge is -2.34. The quantitative estimate of drug-likeness (QED) is 0.810. The third kappa shape index (κ3) is 5.48. The molecule has 1 aromatic carbocycles. The van der Waals surface area contributed by atoms with E-state index in [1.54, 1.807) is 0 Å². The number of nitrogens with zero attached hydrogens (tertiary/aromatic N) is 1. The van der Waals surface area contributed by atoms with Gasteiger partial charge in [-0.15, -0.1) is 0 Å². The van der Waals surface area contributed by atoms with Crippen LogP contribution in [-0.4, -0.2) is 43.0 Å². The summed E-state index contributed by atoms with van der Waals surface area (Å²) < 4.78 is 0. The summed E-state index contributed by atoms with van der Waals surface area (Å²) in [4.78, 5) is 14.5. The second-order valence-corrected chi connectivity index (χ2v) is 5.68. The number of anilines is 1. The molecule has 1 fully saturated rings. The third-order valence-corrected chi connectivity index (χ3v) is 4.02. The summed E-state index contributed by atoms with van der Waals surface area (Å²) in [6.45, 7) is 6.35. The Bertz CT molecular complexity index is 415. The topological polar surface area (TPSA) is 44.4 Å². The number of carbonyl (C=O) groups is 1. The van der Waals surface area contributed by atoms with Crippen LogP contribution >= 0.6 is 0 Å². The minimum atomic E-state index is 0.108. The van der Waals surface area contributed by atoms with E-state index in [9.17, 15) is 4.79 Å². The summed E-state index contributed by atoms with van der Waals surface area (Å²) in [7, 11) is 0. The molecule has 1 aliphatic rings. The van der Waals surface area contributed by atoms with Gasteiger partial charge in [0.2, 0.25) is 5.91 Å². The van der Waals surface area contributed by atoms with Crippen molar-refractivity contribution in [2.45, 2.75) is 38.6 Å². The zero-order chi connectivity index (χ0) is 14.9. The molecule has 0 radical (unpaired) electrons. The van der Waals surface area contributed by atoms with Crippen LogP contribution < -0.4 is 10.6 Å². The highest BCUT2D eigenvalue weighted by Gasteiger charge is 2.20. The average molecular weight is 289 g/mol. The first kappa shape index (κ1) is 16.0. The lowest BCUT2D eigenvalue weighted by molar-refractivity contribution is -0.116. The van der Waals surface area contributed by atoms with Gasteiger partial charge in [0.05, 0.1) is 0 Å². The fourth-order valence-corrected chi connectivity index (χ4v) is 2.93. The van der Waals surface area contributed by atoms with Crippen LogP contribution in [0.4, 0.5) is 5.69 Å². The largest absolute Gasteiger partial charge is 0.326 e. The van der Waals surface area contributed by atoms with Crippen LogP contribution in [0.25, 0.3) is 0 Å². The molecule has 21 heavy (non-hydrogen) atoms. The fraction of sp³-hybridized carbons (Fsp3) is 0.588. The van der Waals surface area contributed by atoms with Crippen molar-refractivity contribution in [2.24, 2.45) is 0 Å². The monoisotopic (exact) mass is 289 g/mol. The number of benzene rings is 1. The number of rotatable bonds is 7. The van der Waals surface area contributed by atoms with E-state index >= 15 is 0 Å². The van der Waals surface area contributed by atoms with E-state index in [4.69, 9.17) is 0 Å². The second-order valence-electron chi connectivity index (χ2n) is 5.68. The van der Waals surface area contributed by atoms with Gasteiger partial charge in [-0.25, -0.2) is 0 Å². The van der Waals surface area contributed by atoms with E-state index in [-0.39, 0.29) is 5.91 Å². The summed E-state index contributed by atoms with van der Waals surface area (Å²) in [6, 6.07) is 10.3. The molecule has 1 amide bonds. The van der Waals surface area contributed by atoms with E-state index < -0.39 is 0 Å². The molecule has 2 rings (SSSR count). The van der Waals surface area contributed by atoms with Crippen LogP contribution in [0.2, 0.25) is 0 Å². The predicted molar refractivity (Wildman–Crippen MR) is 87.4 cm³/mol. The zero-order valence-electron chi connectivity index (χ0n) is 13.0. The van der Waals surface area contributed by atoms with E-state index in [2.05, 4.69) is 22.5 Å². The minimum absolute atomic E-state index is 0.108. The van der Waals surface area contributed by atoms with Crippen molar-refractivity contribution in [3.8, 4) is 0 Å². The Morgan fingerprint density at radius 1 is 1.24 bits per heavy atom. The standard InChI is InChI=1S/C17H27N3O/c1-2-13-20(16-8-11-18-12-9-16)14-10-17(21)19-15-6-4-3-5-7-15/h3-7,16,18H,2,8-14H2,1H3,(H,19,21). The molecule has 116 valence electrons. The number of hydrogen-bond donors (Lipinski definition) is 2. The van der Waals surface area contributed by atoms with Gasteiger partial charge in [-0.05, 0) is 51.0 Å². The Hall–Kier alpha value is -1.39. The Morgan fingerprint density at radius 2 is 1.95 bits per heavy atom. The molecule has 0 spiro atoms. The Labute approximate surface area is 127 Å². The van der Waals surface area contributed by atoms with Crippen LogP contribution in [0.3, 0.4) is 0 Å². The molecule has 1 saturated heterocycles. The molecule has 4 nitrogen and oxygen atoms in total. The average Bonchev–Trinajstić information content (AvgIpc) is 2.53. The van der Waals surface area contributed by atoms with Gasteiger partial charge in [0, 0.05) is 24.7 Å². The Kier molecular flexibility index (Phi) is 6.70. The van der Waals surface area contributed by atoms with Crippen molar-refractivity contribution >= 4 is 11.6 Å². The molecule has 2 N–H and O–H groups in total.